The van der Waals surface area contributed by atoms with E-state index in [1.807, 2.05) is 6.92 Å². The van der Waals surface area contributed by atoms with Crippen LogP contribution in [0.25, 0.3) is 0 Å². The van der Waals surface area contributed by atoms with Crippen molar-refractivity contribution in [3.05, 3.63) is 36.7 Å². The van der Waals surface area contributed by atoms with E-state index in [0.29, 0.717) is 18.8 Å². The van der Waals surface area contributed by atoms with Crippen LogP contribution in [0.4, 0.5) is 0 Å². The second-order valence-corrected chi connectivity index (χ2v) is 4.04. The highest BCUT2D eigenvalue weighted by molar-refractivity contribution is 5.95. The van der Waals surface area contributed by atoms with Crippen molar-refractivity contribution >= 4 is 5.91 Å². The quantitative estimate of drug-likeness (QED) is 0.699. The van der Waals surface area contributed by atoms with Gasteiger partial charge in [0.25, 0.3) is 5.91 Å². The molecule has 104 valence electrons. The normalized spacial score (nSPS) is 11.7. The molecule has 5 nitrogen and oxygen atoms in total. The zero-order chi connectivity index (χ0) is 14.1. The van der Waals surface area contributed by atoms with Gasteiger partial charge in [-0.1, -0.05) is 19.6 Å². The molecule has 0 spiro atoms. The lowest BCUT2D eigenvalue weighted by atomic mass is 10.1. The van der Waals surface area contributed by atoms with Crippen LogP contribution < -0.4 is 10.1 Å². The van der Waals surface area contributed by atoms with Gasteiger partial charge in [0.15, 0.2) is 11.4 Å². The molecule has 0 saturated carbocycles. The summed E-state index contributed by atoms with van der Waals surface area (Å²) < 4.78 is 5.39. The first-order valence-electron chi connectivity index (χ1n) is 6.33. The van der Waals surface area contributed by atoms with Crippen molar-refractivity contribution in [2.45, 2.75) is 25.8 Å². The van der Waals surface area contributed by atoms with E-state index >= 15 is 0 Å². The molecule has 0 bridgehead atoms. The van der Waals surface area contributed by atoms with Crippen LogP contribution >= 0.6 is 0 Å². The lowest BCUT2D eigenvalue weighted by molar-refractivity contribution is 0.0920. The van der Waals surface area contributed by atoms with Crippen molar-refractivity contribution in [2.75, 3.05) is 13.2 Å². The van der Waals surface area contributed by atoms with Gasteiger partial charge >= 0.3 is 0 Å². The summed E-state index contributed by atoms with van der Waals surface area (Å²) in [5.74, 6) is 0.138. The first-order chi connectivity index (χ1) is 9.22. The number of nitrogens with zero attached hydrogens (tertiary/aromatic N) is 1. The van der Waals surface area contributed by atoms with Crippen LogP contribution in [0.3, 0.4) is 0 Å². The Balaban J connectivity index is 2.77. The van der Waals surface area contributed by atoms with Gasteiger partial charge in [-0.15, -0.1) is 0 Å². The smallest absolute Gasteiger partial charge is 0.273 e. The van der Waals surface area contributed by atoms with Gasteiger partial charge in [-0.3, -0.25) is 4.79 Å². The average Bonchev–Trinajstić information content (AvgIpc) is 2.44. The summed E-state index contributed by atoms with van der Waals surface area (Å²) in [5.41, 5.74) is 0.251. The van der Waals surface area contributed by atoms with Gasteiger partial charge in [0.2, 0.25) is 0 Å². The summed E-state index contributed by atoms with van der Waals surface area (Å²) in [6.45, 7) is 5.88. The number of ether oxygens (including phenoxy) is 1. The van der Waals surface area contributed by atoms with E-state index in [1.165, 1.54) is 0 Å². The van der Waals surface area contributed by atoms with Gasteiger partial charge < -0.3 is 15.2 Å². The molecule has 1 atom stereocenters. The predicted octanol–water partition coefficient (Wildman–Crippen LogP) is 1.54. The second kappa shape index (κ2) is 8.26. The summed E-state index contributed by atoms with van der Waals surface area (Å²) >= 11 is 0. The topological polar surface area (TPSA) is 71.5 Å². The number of nitrogens with one attached hydrogen (secondary N) is 1. The summed E-state index contributed by atoms with van der Waals surface area (Å²) in [5, 5.41) is 11.8. The second-order valence-electron chi connectivity index (χ2n) is 4.04. The molecule has 0 fully saturated rings. The highest BCUT2D eigenvalue weighted by Gasteiger charge is 2.17. The van der Waals surface area contributed by atoms with Crippen LogP contribution in [0.5, 0.6) is 5.75 Å². The van der Waals surface area contributed by atoms with Crippen LogP contribution in [0.1, 0.15) is 30.3 Å². The highest BCUT2D eigenvalue weighted by atomic mass is 16.5. The summed E-state index contributed by atoms with van der Waals surface area (Å²) in [7, 11) is 0. The number of hydrogen-bond donors (Lipinski definition) is 2. The van der Waals surface area contributed by atoms with E-state index in [0.717, 1.165) is 6.42 Å². The number of amides is 1. The molecule has 0 saturated heterocycles. The van der Waals surface area contributed by atoms with Crippen molar-refractivity contribution in [2.24, 2.45) is 0 Å². The van der Waals surface area contributed by atoms with Gasteiger partial charge in [-0.05, 0) is 25.0 Å². The Morgan fingerprint density at radius 1 is 1.68 bits per heavy atom. The Hall–Kier alpha value is -1.88. The van der Waals surface area contributed by atoms with Crippen molar-refractivity contribution in [1.82, 2.24) is 10.3 Å². The first-order valence-corrected chi connectivity index (χ1v) is 6.33. The van der Waals surface area contributed by atoms with Crippen molar-refractivity contribution in [1.29, 1.82) is 0 Å². The van der Waals surface area contributed by atoms with Crippen LogP contribution in [0.15, 0.2) is 31.0 Å². The van der Waals surface area contributed by atoms with E-state index in [9.17, 15) is 4.79 Å². The maximum Gasteiger partial charge on any atom is 0.273 e. The Kier molecular flexibility index (Phi) is 6.60. The monoisotopic (exact) mass is 264 g/mol. The summed E-state index contributed by atoms with van der Waals surface area (Å²) in [6, 6.07) is 3.34. The Morgan fingerprint density at radius 2 is 2.47 bits per heavy atom. The zero-order valence-corrected chi connectivity index (χ0v) is 11.1. The number of carbonyl (C=O) groups is 1. The first kappa shape index (κ1) is 15.2. The van der Waals surface area contributed by atoms with Gasteiger partial charge in [0.1, 0.15) is 6.61 Å². The molecule has 1 amide bonds. The number of aromatic nitrogens is 1. The third-order valence-corrected chi connectivity index (χ3v) is 2.65. The number of rotatable bonds is 8. The largest absolute Gasteiger partial charge is 0.487 e. The Labute approximate surface area is 113 Å². The van der Waals surface area contributed by atoms with E-state index in [4.69, 9.17) is 9.84 Å². The Bertz CT molecular complexity index is 421. The molecule has 0 aliphatic carbocycles. The fourth-order valence-corrected chi connectivity index (χ4v) is 1.61. The molecular weight excluding hydrogens is 244 g/mol. The van der Waals surface area contributed by atoms with E-state index < -0.39 is 0 Å². The molecule has 0 aromatic carbocycles. The molecule has 19 heavy (non-hydrogen) atoms. The molecule has 0 aliphatic rings. The highest BCUT2D eigenvalue weighted by Crippen LogP contribution is 2.15. The van der Waals surface area contributed by atoms with Crippen LogP contribution in [0.2, 0.25) is 0 Å². The van der Waals surface area contributed by atoms with Gasteiger partial charge in [-0.2, -0.15) is 0 Å². The molecule has 0 radical (unpaired) electrons. The van der Waals surface area contributed by atoms with Crippen molar-refractivity contribution < 1.29 is 14.6 Å². The van der Waals surface area contributed by atoms with Gasteiger partial charge in [0.05, 0.1) is 0 Å². The number of aliphatic hydroxyl groups excluding tert-OH is 1. The predicted molar refractivity (Wildman–Crippen MR) is 73.2 cm³/mol. The lowest BCUT2D eigenvalue weighted by Crippen LogP contribution is -2.35. The zero-order valence-electron chi connectivity index (χ0n) is 11.1. The molecule has 1 unspecified atom stereocenters. The van der Waals surface area contributed by atoms with Crippen LogP contribution in [-0.4, -0.2) is 35.3 Å². The average molecular weight is 264 g/mol. The van der Waals surface area contributed by atoms with E-state index in [-0.39, 0.29) is 24.2 Å². The number of aliphatic hydroxyl groups is 1. The van der Waals surface area contributed by atoms with Crippen molar-refractivity contribution in [3.63, 3.8) is 0 Å². The van der Waals surface area contributed by atoms with Gasteiger partial charge in [0, 0.05) is 18.8 Å². The molecule has 2 N–H and O–H groups in total. The van der Waals surface area contributed by atoms with Gasteiger partial charge in [-0.25, -0.2) is 4.98 Å². The third-order valence-electron chi connectivity index (χ3n) is 2.65. The molecule has 1 aromatic heterocycles. The van der Waals surface area contributed by atoms with Crippen LogP contribution in [-0.2, 0) is 0 Å². The van der Waals surface area contributed by atoms with Crippen molar-refractivity contribution in [3.8, 4) is 5.75 Å². The van der Waals surface area contributed by atoms with E-state index in [2.05, 4.69) is 16.9 Å². The number of hydrogen-bond acceptors (Lipinski definition) is 4. The molecular formula is C14H20N2O3. The van der Waals surface area contributed by atoms with Crippen LogP contribution in [0, 0.1) is 0 Å². The molecule has 5 heteroatoms. The maximum absolute atomic E-state index is 12.1. The Morgan fingerprint density at radius 3 is 3.11 bits per heavy atom. The summed E-state index contributed by atoms with van der Waals surface area (Å²) in [6.07, 6.45) is 4.43. The minimum absolute atomic E-state index is 0.0425. The molecule has 1 rings (SSSR count). The fraction of sp³-hybridized carbons (Fsp3) is 0.429. The molecule has 1 aromatic rings. The number of pyridine rings is 1. The summed E-state index contributed by atoms with van der Waals surface area (Å²) in [4.78, 5) is 16.2. The minimum atomic E-state index is -0.292. The van der Waals surface area contributed by atoms with E-state index in [1.54, 1.807) is 24.4 Å². The standard InChI is InChI=1S/C14H20N2O3/c1-3-10-19-12-6-5-8-15-13(12)14(18)16-11(4-2)7-9-17/h3,5-6,8,11,17H,1,4,7,9-10H2,2H3,(H,16,18). The fourth-order valence-electron chi connectivity index (χ4n) is 1.61. The molecule has 0 aliphatic heterocycles. The third kappa shape index (κ3) is 4.71. The number of carbonyl (C=O) groups excluding carboxylic acids is 1. The minimum Gasteiger partial charge on any atom is -0.487 e. The lowest BCUT2D eigenvalue weighted by Gasteiger charge is -2.16. The maximum atomic E-state index is 12.1. The molecule has 1 heterocycles. The SMILES string of the molecule is C=CCOc1cccnc1C(=O)NC(CC)CCO.